The number of nitrogens with zero attached hydrogens (tertiary/aromatic N) is 2. The van der Waals surface area contributed by atoms with Gasteiger partial charge in [0.2, 0.25) is 0 Å². The number of rotatable bonds is 3. The Balaban J connectivity index is 1.83. The van der Waals surface area contributed by atoms with Gasteiger partial charge < -0.3 is 9.42 Å². The van der Waals surface area contributed by atoms with Crippen molar-refractivity contribution < 1.29 is 13.7 Å². The summed E-state index contributed by atoms with van der Waals surface area (Å²) in [5.41, 5.74) is 1.30. The van der Waals surface area contributed by atoms with Crippen LogP contribution in [0.25, 0.3) is 0 Å². The van der Waals surface area contributed by atoms with Crippen LogP contribution in [0.4, 0.5) is 4.39 Å². The zero-order chi connectivity index (χ0) is 15.7. The number of halogens is 1. The normalized spacial score (nSPS) is 18.2. The van der Waals surface area contributed by atoms with Crippen molar-refractivity contribution in [1.82, 2.24) is 10.1 Å². The van der Waals surface area contributed by atoms with E-state index in [0.29, 0.717) is 12.1 Å². The van der Waals surface area contributed by atoms with E-state index in [-0.39, 0.29) is 23.7 Å². The van der Waals surface area contributed by atoms with Crippen molar-refractivity contribution in [3.05, 3.63) is 53.2 Å². The van der Waals surface area contributed by atoms with Crippen molar-refractivity contribution in [3.8, 4) is 0 Å². The molecule has 3 rings (SSSR count). The van der Waals surface area contributed by atoms with Crippen LogP contribution in [0.15, 0.2) is 34.9 Å². The molecule has 4 nitrogen and oxygen atoms in total. The molecule has 0 bridgehead atoms. The van der Waals surface area contributed by atoms with Gasteiger partial charge in [-0.25, -0.2) is 4.39 Å². The fourth-order valence-electron chi connectivity index (χ4n) is 2.81. The van der Waals surface area contributed by atoms with Crippen LogP contribution in [-0.2, 0) is 0 Å². The predicted molar refractivity (Wildman–Crippen MR) is 80.0 cm³/mol. The van der Waals surface area contributed by atoms with Gasteiger partial charge in [0.05, 0.1) is 6.04 Å². The van der Waals surface area contributed by atoms with Crippen LogP contribution in [0.1, 0.15) is 60.5 Å². The number of hydrogen-bond acceptors (Lipinski definition) is 3. The molecule has 2 heterocycles. The lowest BCUT2D eigenvalue weighted by atomic mass is 10.1. The molecule has 0 N–H and O–H groups in total. The summed E-state index contributed by atoms with van der Waals surface area (Å²) >= 11 is 0. The smallest absolute Gasteiger partial charge is 0.254 e. The molecule has 1 aromatic carbocycles. The first-order chi connectivity index (χ1) is 10.6. The first-order valence-corrected chi connectivity index (χ1v) is 7.59. The topological polar surface area (TPSA) is 46.3 Å². The minimum absolute atomic E-state index is 0.0613. The zero-order valence-electron chi connectivity index (χ0n) is 12.8. The van der Waals surface area contributed by atoms with Gasteiger partial charge in [0.25, 0.3) is 5.91 Å². The first-order valence-electron chi connectivity index (χ1n) is 7.59. The highest BCUT2D eigenvalue weighted by Gasteiger charge is 2.32. The number of benzene rings is 1. The Bertz CT molecular complexity index is 664. The molecule has 2 aromatic rings. The quantitative estimate of drug-likeness (QED) is 0.863. The maximum Gasteiger partial charge on any atom is 0.254 e. The van der Waals surface area contributed by atoms with Gasteiger partial charge in [-0.3, -0.25) is 4.79 Å². The molecular weight excluding hydrogens is 283 g/mol. The molecule has 5 heteroatoms. The molecule has 1 amide bonds. The monoisotopic (exact) mass is 302 g/mol. The number of carbonyl (C=O) groups excluding carboxylic acids is 1. The highest BCUT2D eigenvalue weighted by Crippen LogP contribution is 2.33. The Morgan fingerprint density at radius 1 is 1.36 bits per heavy atom. The standard InChI is InChI=1S/C17H19FN2O2/c1-11(2)16-10-14(19-22-16)15-4-3-9-20(15)17(21)12-5-7-13(18)8-6-12/h5-8,10-11,15H,3-4,9H2,1-2H3. The van der Waals surface area contributed by atoms with Crippen LogP contribution in [0.5, 0.6) is 0 Å². The van der Waals surface area contributed by atoms with Gasteiger partial charge in [0, 0.05) is 24.1 Å². The van der Waals surface area contributed by atoms with Crippen LogP contribution < -0.4 is 0 Å². The van der Waals surface area contributed by atoms with Crippen molar-refractivity contribution in [2.24, 2.45) is 0 Å². The fourth-order valence-corrected chi connectivity index (χ4v) is 2.81. The van der Waals surface area contributed by atoms with Gasteiger partial charge in [-0.05, 0) is 37.1 Å². The van der Waals surface area contributed by atoms with Crippen LogP contribution in [0, 0.1) is 5.82 Å². The van der Waals surface area contributed by atoms with Crippen molar-refractivity contribution in [2.75, 3.05) is 6.54 Å². The van der Waals surface area contributed by atoms with Gasteiger partial charge >= 0.3 is 0 Å². The minimum atomic E-state index is -0.340. The largest absolute Gasteiger partial charge is 0.361 e. The second kappa shape index (κ2) is 5.91. The first kappa shape index (κ1) is 14.8. The lowest BCUT2D eigenvalue weighted by molar-refractivity contribution is 0.0730. The summed E-state index contributed by atoms with van der Waals surface area (Å²) in [5.74, 6) is 0.671. The van der Waals surface area contributed by atoms with Crippen molar-refractivity contribution in [2.45, 2.75) is 38.6 Å². The maximum absolute atomic E-state index is 13.0. The Hall–Kier alpha value is -2.17. The zero-order valence-corrected chi connectivity index (χ0v) is 12.8. The molecule has 1 fully saturated rings. The molecule has 1 unspecified atom stereocenters. The molecule has 116 valence electrons. The molecule has 1 aromatic heterocycles. The van der Waals surface area contributed by atoms with Crippen LogP contribution >= 0.6 is 0 Å². The van der Waals surface area contributed by atoms with Gasteiger partial charge in [-0.1, -0.05) is 19.0 Å². The number of amides is 1. The Kier molecular flexibility index (Phi) is 3.96. The summed E-state index contributed by atoms with van der Waals surface area (Å²) in [5, 5.41) is 4.13. The highest BCUT2D eigenvalue weighted by atomic mass is 19.1. The van der Waals surface area contributed by atoms with E-state index in [1.54, 1.807) is 4.90 Å². The molecule has 0 aliphatic carbocycles. The molecule has 1 aliphatic rings. The lowest BCUT2D eigenvalue weighted by Crippen LogP contribution is -2.30. The van der Waals surface area contributed by atoms with Crippen molar-refractivity contribution in [1.29, 1.82) is 0 Å². The minimum Gasteiger partial charge on any atom is -0.361 e. The number of aromatic nitrogens is 1. The molecule has 1 atom stereocenters. The van der Waals surface area contributed by atoms with Gasteiger partial charge in [0.1, 0.15) is 17.3 Å². The second-order valence-electron chi connectivity index (χ2n) is 5.97. The molecule has 22 heavy (non-hydrogen) atoms. The average Bonchev–Trinajstić information content (AvgIpc) is 3.16. The second-order valence-corrected chi connectivity index (χ2v) is 5.97. The summed E-state index contributed by atoms with van der Waals surface area (Å²) in [6.45, 7) is 4.77. The van der Waals surface area contributed by atoms with E-state index in [9.17, 15) is 9.18 Å². The van der Waals surface area contributed by atoms with E-state index >= 15 is 0 Å². The van der Waals surface area contributed by atoms with Crippen LogP contribution in [0.2, 0.25) is 0 Å². The molecule has 0 spiro atoms. The predicted octanol–water partition coefficient (Wildman–Crippen LogP) is 3.91. The third-order valence-electron chi connectivity index (χ3n) is 4.06. The molecule has 1 aliphatic heterocycles. The van der Waals surface area contributed by atoms with Gasteiger partial charge in [-0.2, -0.15) is 0 Å². The van der Waals surface area contributed by atoms with Crippen molar-refractivity contribution >= 4 is 5.91 Å². The molecule has 0 radical (unpaired) electrons. The van der Waals surface area contributed by atoms with E-state index in [1.807, 2.05) is 19.9 Å². The molecule has 1 saturated heterocycles. The average molecular weight is 302 g/mol. The van der Waals surface area contributed by atoms with E-state index < -0.39 is 0 Å². The van der Waals surface area contributed by atoms with Gasteiger partial charge in [0.15, 0.2) is 0 Å². The number of carbonyl (C=O) groups is 1. The Morgan fingerprint density at radius 2 is 2.09 bits per heavy atom. The van der Waals surface area contributed by atoms with E-state index in [4.69, 9.17) is 4.52 Å². The van der Waals surface area contributed by atoms with Crippen LogP contribution in [-0.4, -0.2) is 22.5 Å². The molecule has 0 saturated carbocycles. The Labute approximate surface area is 128 Å². The SMILES string of the molecule is CC(C)c1cc(C2CCCN2C(=O)c2ccc(F)cc2)no1. The van der Waals surface area contributed by atoms with Crippen LogP contribution in [0.3, 0.4) is 0 Å². The Morgan fingerprint density at radius 3 is 2.73 bits per heavy atom. The summed E-state index contributed by atoms with van der Waals surface area (Å²) in [7, 11) is 0. The molecular formula is C17H19FN2O2. The van der Waals surface area contributed by atoms with E-state index in [2.05, 4.69) is 5.16 Å². The summed E-state index contributed by atoms with van der Waals surface area (Å²) < 4.78 is 18.4. The third kappa shape index (κ3) is 2.75. The summed E-state index contributed by atoms with van der Waals surface area (Å²) in [6, 6.07) is 7.54. The maximum atomic E-state index is 13.0. The summed E-state index contributed by atoms with van der Waals surface area (Å²) in [4.78, 5) is 14.4. The highest BCUT2D eigenvalue weighted by molar-refractivity contribution is 5.94. The lowest BCUT2D eigenvalue weighted by Gasteiger charge is -2.23. The number of likely N-dealkylation sites (tertiary alicyclic amines) is 1. The van der Waals surface area contributed by atoms with Gasteiger partial charge in [-0.15, -0.1) is 0 Å². The van der Waals surface area contributed by atoms with Crippen molar-refractivity contribution in [3.63, 3.8) is 0 Å². The number of hydrogen-bond donors (Lipinski definition) is 0. The third-order valence-corrected chi connectivity index (χ3v) is 4.06. The van der Waals surface area contributed by atoms with E-state index in [1.165, 1.54) is 24.3 Å². The fraction of sp³-hybridized carbons (Fsp3) is 0.412. The summed E-state index contributed by atoms with van der Waals surface area (Å²) in [6.07, 6.45) is 1.80. The van der Waals surface area contributed by atoms with E-state index in [0.717, 1.165) is 24.3 Å².